The number of rotatable bonds is 1. The van der Waals surface area contributed by atoms with Gasteiger partial charge in [0.2, 0.25) is 0 Å². The Kier molecular flexibility index (Phi) is 12.0. The lowest BCUT2D eigenvalue weighted by atomic mass is 10.4. The molecule has 0 aliphatic carbocycles. The SMILES string of the molecule is CC.CON=C(C)C.Cc1cnc[nH]c1=O. The van der Waals surface area contributed by atoms with E-state index in [9.17, 15) is 4.79 Å². The van der Waals surface area contributed by atoms with Crippen molar-refractivity contribution in [3.63, 3.8) is 0 Å². The van der Waals surface area contributed by atoms with Gasteiger partial charge >= 0.3 is 0 Å². The third-order valence-electron chi connectivity index (χ3n) is 1.17. The maximum atomic E-state index is 10.5. The molecule has 0 saturated heterocycles. The Morgan fingerprint density at radius 1 is 1.44 bits per heavy atom. The van der Waals surface area contributed by atoms with Crippen molar-refractivity contribution in [3.8, 4) is 0 Å². The second kappa shape index (κ2) is 11.4. The lowest BCUT2D eigenvalue weighted by Gasteiger charge is -1.83. The number of hydrogen-bond donors (Lipinski definition) is 1. The zero-order valence-corrected chi connectivity index (χ0v) is 10.9. The van der Waals surface area contributed by atoms with Gasteiger partial charge < -0.3 is 9.82 Å². The minimum atomic E-state index is -0.0694. The largest absolute Gasteiger partial charge is 0.399 e. The van der Waals surface area contributed by atoms with Crippen LogP contribution in [0.25, 0.3) is 0 Å². The molecular weight excluding hydrogens is 206 g/mol. The van der Waals surface area contributed by atoms with Crippen LogP contribution in [0.3, 0.4) is 0 Å². The highest BCUT2D eigenvalue weighted by atomic mass is 16.6. The van der Waals surface area contributed by atoms with Crippen molar-refractivity contribution in [2.24, 2.45) is 5.16 Å². The Morgan fingerprint density at radius 2 is 2.00 bits per heavy atom. The van der Waals surface area contributed by atoms with E-state index in [0.717, 1.165) is 5.71 Å². The summed E-state index contributed by atoms with van der Waals surface area (Å²) < 4.78 is 0. The smallest absolute Gasteiger partial charge is 0.253 e. The summed E-state index contributed by atoms with van der Waals surface area (Å²) in [7, 11) is 1.53. The van der Waals surface area contributed by atoms with Crippen LogP contribution in [0, 0.1) is 6.92 Å². The number of nitrogens with one attached hydrogen (secondary N) is 1. The van der Waals surface area contributed by atoms with E-state index >= 15 is 0 Å². The number of oxime groups is 1. The van der Waals surface area contributed by atoms with Crippen LogP contribution in [0.1, 0.15) is 33.3 Å². The minimum Gasteiger partial charge on any atom is -0.399 e. The van der Waals surface area contributed by atoms with Crippen molar-refractivity contribution in [3.05, 3.63) is 28.4 Å². The normalized spacial score (nSPS) is 7.62. The predicted molar refractivity (Wildman–Crippen MR) is 66.7 cm³/mol. The molecule has 1 rings (SSSR count). The molecule has 0 saturated carbocycles. The number of nitrogens with zero attached hydrogens (tertiary/aromatic N) is 2. The Labute approximate surface area is 96.6 Å². The molecule has 1 N–H and O–H groups in total. The molecule has 16 heavy (non-hydrogen) atoms. The van der Waals surface area contributed by atoms with Gasteiger partial charge in [0.15, 0.2) is 0 Å². The molecule has 0 aliphatic heterocycles. The van der Waals surface area contributed by atoms with Crippen LogP contribution in [0.5, 0.6) is 0 Å². The molecule has 1 heterocycles. The average Bonchev–Trinajstić information content (AvgIpc) is 2.26. The predicted octanol–water partition coefficient (Wildman–Crippen LogP) is 2.13. The second-order valence-corrected chi connectivity index (χ2v) is 2.78. The first-order chi connectivity index (χ1) is 7.57. The maximum Gasteiger partial charge on any atom is 0.253 e. The Morgan fingerprint density at radius 3 is 2.19 bits per heavy atom. The fourth-order valence-electron chi connectivity index (χ4n) is 0.600. The summed E-state index contributed by atoms with van der Waals surface area (Å²) in [4.78, 5) is 21.0. The third-order valence-corrected chi connectivity index (χ3v) is 1.17. The number of aromatic nitrogens is 2. The molecule has 1 aromatic heterocycles. The maximum absolute atomic E-state index is 10.5. The van der Waals surface area contributed by atoms with Crippen molar-refractivity contribution in [2.45, 2.75) is 34.6 Å². The molecule has 1 aromatic rings. The van der Waals surface area contributed by atoms with Gasteiger partial charge in [0.1, 0.15) is 7.11 Å². The van der Waals surface area contributed by atoms with Gasteiger partial charge in [-0.3, -0.25) is 4.79 Å². The number of aryl methyl sites for hydroxylation is 1. The highest BCUT2D eigenvalue weighted by molar-refractivity contribution is 5.78. The van der Waals surface area contributed by atoms with E-state index in [1.165, 1.54) is 19.6 Å². The first-order valence-electron chi connectivity index (χ1n) is 5.11. The van der Waals surface area contributed by atoms with Gasteiger partial charge in [0, 0.05) is 11.8 Å². The zero-order valence-electron chi connectivity index (χ0n) is 10.9. The Balaban J connectivity index is 0. The topological polar surface area (TPSA) is 67.3 Å². The molecule has 0 fully saturated rings. The van der Waals surface area contributed by atoms with E-state index in [1.54, 1.807) is 6.92 Å². The van der Waals surface area contributed by atoms with Crippen LogP contribution in [0.2, 0.25) is 0 Å². The van der Waals surface area contributed by atoms with E-state index in [1.807, 2.05) is 27.7 Å². The van der Waals surface area contributed by atoms with E-state index in [0.29, 0.717) is 5.56 Å². The van der Waals surface area contributed by atoms with E-state index in [4.69, 9.17) is 0 Å². The Hall–Kier alpha value is -1.65. The van der Waals surface area contributed by atoms with Crippen molar-refractivity contribution in [1.29, 1.82) is 0 Å². The van der Waals surface area contributed by atoms with Gasteiger partial charge in [-0.25, -0.2) is 4.98 Å². The lowest BCUT2D eigenvalue weighted by Crippen LogP contribution is -2.07. The summed E-state index contributed by atoms with van der Waals surface area (Å²) >= 11 is 0. The summed E-state index contributed by atoms with van der Waals surface area (Å²) in [6, 6.07) is 0. The number of hydrogen-bond acceptors (Lipinski definition) is 4. The molecule has 0 aromatic carbocycles. The fraction of sp³-hybridized carbons (Fsp3) is 0.545. The molecule has 0 amide bonds. The monoisotopic (exact) mass is 227 g/mol. The van der Waals surface area contributed by atoms with E-state index < -0.39 is 0 Å². The highest BCUT2D eigenvalue weighted by Gasteiger charge is 1.84. The van der Waals surface area contributed by atoms with Crippen LogP contribution >= 0.6 is 0 Å². The van der Waals surface area contributed by atoms with Crippen LogP contribution < -0.4 is 5.56 Å². The van der Waals surface area contributed by atoms with Gasteiger partial charge in [-0.05, 0) is 20.8 Å². The van der Waals surface area contributed by atoms with Crippen LogP contribution in [-0.4, -0.2) is 22.8 Å². The van der Waals surface area contributed by atoms with Crippen LogP contribution in [0.4, 0.5) is 0 Å². The molecule has 0 spiro atoms. The van der Waals surface area contributed by atoms with Gasteiger partial charge in [-0.15, -0.1) is 0 Å². The van der Waals surface area contributed by atoms with Crippen LogP contribution in [-0.2, 0) is 4.84 Å². The van der Waals surface area contributed by atoms with Crippen molar-refractivity contribution >= 4 is 5.71 Å². The molecule has 5 nitrogen and oxygen atoms in total. The summed E-state index contributed by atoms with van der Waals surface area (Å²) in [5.74, 6) is 0. The highest BCUT2D eigenvalue weighted by Crippen LogP contribution is 1.75. The van der Waals surface area contributed by atoms with Gasteiger partial charge in [0.25, 0.3) is 5.56 Å². The number of aromatic amines is 1. The van der Waals surface area contributed by atoms with E-state index in [-0.39, 0.29) is 5.56 Å². The average molecular weight is 227 g/mol. The molecule has 0 unspecified atom stereocenters. The fourth-order valence-corrected chi connectivity index (χ4v) is 0.600. The zero-order chi connectivity index (χ0) is 13.0. The molecule has 0 bridgehead atoms. The molecule has 0 aliphatic rings. The van der Waals surface area contributed by atoms with Crippen molar-refractivity contribution < 1.29 is 4.84 Å². The van der Waals surface area contributed by atoms with Gasteiger partial charge in [0.05, 0.1) is 12.0 Å². The summed E-state index contributed by atoms with van der Waals surface area (Å²) in [5.41, 5.74) is 1.52. The molecular formula is C11H21N3O2. The van der Waals surface area contributed by atoms with Crippen molar-refractivity contribution in [2.75, 3.05) is 7.11 Å². The van der Waals surface area contributed by atoms with Crippen LogP contribution in [0.15, 0.2) is 22.5 Å². The Bertz CT molecular complexity index is 341. The summed E-state index contributed by atoms with van der Waals surface area (Å²) in [5, 5.41) is 3.54. The standard InChI is InChI=1S/C5H6N2O.C4H9NO.C2H6/c1-4-2-6-3-7-5(4)8;1-4(2)5-6-3;1-2/h2-3H,1H3,(H,6,7,8);1-3H3;1-2H3. The molecule has 5 heteroatoms. The first kappa shape index (κ1) is 16.8. The summed E-state index contributed by atoms with van der Waals surface area (Å²) in [6.45, 7) is 9.47. The van der Waals surface area contributed by atoms with E-state index in [2.05, 4.69) is 20.0 Å². The molecule has 0 radical (unpaired) electrons. The van der Waals surface area contributed by atoms with Gasteiger partial charge in [-0.2, -0.15) is 0 Å². The third kappa shape index (κ3) is 10.4. The van der Waals surface area contributed by atoms with Crippen molar-refractivity contribution in [1.82, 2.24) is 9.97 Å². The quantitative estimate of drug-likeness (QED) is 0.590. The molecule has 0 atom stereocenters. The summed E-state index contributed by atoms with van der Waals surface area (Å²) in [6.07, 6.45) is 2.90. The number of H-pyrrole nitrogens is 1. The minimum absolute atomic E-state index is 0.0694. The first-order valence-corrected chi connectivity index (χ1v) is 5.11. The lowest BCUT2D eigenvalue weighted by molar-refractivity contribution is 0.213. The second-order valence-electron chi connectivity index (χ2n) is 2.78. The van der Waals surface area contributed by atoms with Gasteiger partial charge in [-0.1, -0.05) is 19.0 Å². The molecule has 92 valence electrons.